The van der Waals surface area contributed by atoms with E-state index in [0.29, 0.717) is 13.0 Å². The van der Waals surface area contributed by atoms with Crippen molar-refractivity contribution in [2.75, 3.05) is 11.3 Å². The molecule has 24 heavy (non-hydrogen) atoms. The molecule has 0 radical (unpaired) electrons. The zero-order valence-corrected chi connectivity index (χ0v) is 14.1. The van der Waals surface area contributed by atoms with Crippen LogP contribution in [0.3, 0.4) is 0 Å². The van der Waals surface area contributed by atoms with Gasteiger partial charge in [-0.3, -0.25) is 4.72 Å². The van der Waals surface area contributed by atoms with Crippen molar-refractivity contribution in [3.63, 3.8) is 0 Å². The number of halogens is 1. The van der Waals surface area contributed by atoms with Gasteiger partial charge in [-0.05, 0) is 35.7 Å². The number of hydrogen-bond donors (Lipinski definition) is 2. The van der Waals surface area contributed by atoms with Gasteiger partial charge in [-0.2, -0.15) is 12.7 Å². The Hall–Kier alpha value is -2.09. The molecular formula is C16H15ClN2O4S. The number of rotatable bonds is 4. The van der Waals surface area contributed by atoms with Gasteiger partial charge in [0.25, 0.3) is 0 Å². The Bertz CT molecular complexity index is 899. The van der Waals surface area contributed by atoms with E-state index in [9.17, 15) is 13.2 Å². The van der Waals surface area contributed by atoms with E-state index in [1.807, 2.05) is 24.3 Å². The topological polar surface area (TPSA) is 86.7 Å². The lowest BCUT2D eigenvalue weighted by atomic mass is 10.0. The van der Waals surface area contributed by atoms with E-state index in [1.165, 1.54) is 22.5 Å². The molecule has 0 aromatic heterocycles. The lowest BCUT2D eigenvalue weighted by Crippen LogP contribution is -2.39. The fourth-order valence-corrected chi connectivity index (χ4v) is 4.03. The van der Waals surface area contributed by atoms with Crippen molar-refractivity contribution in [3.8, 4) is 0 Å². The fourth-order valence-electron chi connectivity index (χ4n) is 2.64. The Morgan fingerprint density at radius 1 is 1.17 bits per heavy atom. The summed E-state index contributed by atoms with van der Waals surface area (Å²) in [6, 6.07) is 11.7. The number of hydrogen-bond acceptors (Lipinski definition) is 3. The zero-order valence-electron chi connectivity index (χ0n) is 12.6. The van der Waals surface area contributed by atoms with Crippen molar-refractivity contribution in [1.29, 1.82) is 0 Å². The number of anilines is 1. The first kappa shape index (κ1) is 16.8. The molecule has 0 unspecified atom stereocenters. The molecule has 0 amide bonds. The van der Waals surface area contributed by atoms with Gasteiger partial charge in [0.15, 0.2) is 0 Å². The first-order valence-corrected chi connectivity index (χ1v) is 9.06. The third-order valence-corrected chi connectivity index (χ3v) is 5.69. The quantitative estimate of drug-likeness (QED) is 0.871. The lowest BCUT2D eigenvalue weighted by Gasteiger charge is -2.28. The van der Waals surface area contributed by atoms with E-state index in [4.69, 9.17) is 16.7 Å². The third kappa shape index (κ3) is 3.38. The molecule has 0 bridgehead atoms. The summed E-state index contributed by atoms with van der Waals surface area (Å²) in [6.07, 6.45) is 0.637. The second kappa shape index (κ2) is 6.43. The molecule has 1 heterocycles. The highest BCUT2D eigenvalue weighted by atomic mass is 35.5. The highest BCUT2D eigenvalue weighted by Crippen LogP contribution is 2.24. The Morgan fingerprint density at radius 3 is 2.58 bits per heavy atom. The molecule has 8 heteroatoms. The second-order valence-corrected chi connectivity index (χ2v) is 7.54. The molecule has 1 aliphatic heterocycles. The lowest BCUT2D eigenvalue weighted by molar-refractivity contribution is 0.0697. The van der Waals surface area contributed by atoms with Crippen LogP contribution >= 0.6 is 11.6 Å². The van der Waals surface area contributed by atoms with Crippen molar-refractivity contribution >= 4 is 33.5 Å². The molecule has 6 nitrogen and oxygen atoms in total. The van der Waals surface area contributed by atoms with Crippen LogP contribution in [0.2, 0.25) is 5.02 Å². The van der Waals surface area contributed by atoms with E-state index in [2.05, 4.69) is 4.72 Å². The van der Waals surface area contributed by atoms with Crippen molar-refractivity contribution in [3.05, 3.63) is 64.2 Å². The average Bonchev–Trinajstić information content (AvgIpc) is 2.55. The summed E-state index contributed by atoms with van der Waals surface area (Å²) in [4.78, 5) is 11.1. The van der Waals surface area contributed by atoms with Gasteiger partial charge in [0.1, 0.15) is 0 Å². The van der Waals surface area contributed by atoms with Gasteiger partial charge in [0.05, 0.1) is 16.3 Å². The Labute approximate surface area is 144 Å². The maximum Gasteiger partial charge on any atom is 0.337 e. The minimum Gasteiger partial charge on any atom is -0.478 e. The molecular weight excluding hydrogens is 352 g/mol. The van der Waals surface area contributed by atoms with Gasteiger partial charge >= 0.3 is 16.2 Å². The maximum atomic E-state index is 12.6. The Morgan fingerprint density at radius 2 is 1.88 bits per heavy atom. The minimum absolute atomic E-state index is 0.0531. The largest absolute Gasteiger partial charge is 0.478 e. The fraction of sp³-hybridized carbons (Fsp3) is 0.188. The number of nitrogens with zero attached hydrogens (tertiary/aromatic N) is 1. The van der Waals surface area contributed by atoms with Crippen LogP contribution in [-0.4, -0.2) is 30.3 Å². The second-order valence-electron chi connectivity index (χ2n) is 5.46. The smallest absolute Gasteiger partial charge is 0.337 e. The number of carboxylic acids is 1. The summed E-state index contributed by atoms with van der Waals surface area (Å²) in [5, 5.41) is 9.13. The van der Waals surface area contributed by atoms with Crippen LogP contribution in [0.1, 0.15) is 21.5 Å². The SMILES string of the molecule is O=C(O)c1cc(NS(=O)(=O)N2CCc3ccccc3C2)ccc1Cl. The summed E-state index contributed by atoms with van der Waals surface area (Å²) < 4.78 is 28.9. The van der Waals surface area contributed by atoms with Gasteiger partial charge in [-0.1, -0.05) is 35.9 Å². The minimum atomic E-state index is -3.79. The number of fused-ring (bicyclic) bond motifs is 1. The van der Waals surface area contributed by atoms with Crippen molar-refractivity contribution in [2.24, 2.45) is 0 Å². The molecule has 0 spiro atoms. The molecule has 2 N–H and O–H groups in total. The van der Waals surface area contributed by atoms with E-state index in [-0.39, 0.29) is 22.8 Å². The van der Waals surface area contributed by atoms with Crippen LogP contribution in [-0.2, 0) is 23.2 Å². The van der Waals surface area contributed by atoms with Crippen molar-refractivity contribution in [1.82, 2.24) is 4.31 Å². The molecule has 0 atom stereocenters. The number of nitrogens with one attached hydrogen (secondary N) is 1. The molecule has 3 rings (SSSR count). The normalized spacial score (nSPS) is 14.9. The number of benzene rings is 2. The van der Waals surface area contributed by atoms with Gasteiger partial charge < -0.3 is 5.11 Å². The first-order chi connectivity index (χ1) is 11.4. The van der Waals surface area contributed by atoms with Crippen LogP contribution in [0.15, 0.2) is 42.5 Å². The molecule has 2 aromatic carbocycles. The monoisotopic (exact) mass is 366 g/mol. The summed E-state index contributed by atoms with van der Waals surface area (Å²) in [5.41, 5.74) is 2.12. The van der Waals surface area contributed by atoms with Crippen LogP contribution in [0.25, 0.3) is 0 Å². The first-order valence-electron chi connectivity index (χ1n) is 7.24. The molecule has 2 aromatic rings. The van der Waals surface area contributed by atoms with E-state index in [0.717, 1.165) is 11.1 Å². The predicted molar refractivity (Wildman–Crippen MR) is 91.5 cm³/mol. The van der Waals surface area contributed by atoms with Crippen LogP contribution in [0.5, 0.6) is 0 Å². The number of carboxylic acid groups (broad SMARTS) is 1. The van der Waals surface area contributed by atoms with Crippen LogP contribution in [0.4, 0.5) is 5.69 Å². The highest BCUT2D eigenvalue weighted by molar-refractivity contribution is 7.90. The standard InChI is InChI=1S/C16H15ClN2O4S/c17-15-6-5-13(9-14(15)16(20)21)18-24(22,23)19-8-7-11-3-1-2-4-12(11)10-19/h1-6,9,18H,7-8,10H2,(H,20,21). The summed E-state index contributed by atoms with van der Waals surface area (Å²) in [5.74, 6) is -1.21. The maximum absolute atomic E-state index is 12.6. The summed E-state index contributed by atoms with van der Waals surface area (Å²) >= 11 is 5.80. The van der Waals surface area contributed by atoms with Crippen molar-refractivity contribution in [2.45, 2.75) is 13.0 Å². The van der Waals surface area contributed by atoms with Gasteiger partial charge in [0, 0.05) is 13.1 Å². The molecule has 0 saturated carbocycles. The van der Waals surface area contributed by atoms with Crippen LogP contribution in [0, 0.1) is 0 Å². The molecule has 0 aliphatic carbocycles. The third-order valence-electron chi connectivity index (χ3n) is 3.88. The van der Waals surface area contributed by atoms with E-state index >= 15 is 0 Å². The highest BCUT2D eigenvalue weighted by Gasteiger charge is 2.26. The average molecular weight is 367 g/mol. The number of carbonyl (C=O) groups is 1. The summed E-state index contributed by atoms with van der Waals surface area (Å²) in [7, 11) is -3.79. The summed E-state index contributed by atoms with van der Waals surface area (Å²) in [6.45, 7) is 0.649. The van der Waals surface area contributed by atoms with Crippen molar-refractivity contribution < 1.29 is 18.3 Å². The van der Waals surface area contributed by atoms with E-state index in [1.54, 1.807) is 0 Å². The van der Waals surface area contributed by atoms with Gasteiger partial charge in [-0.25, -0.2) is 4.79 Å². The van der Waals surface area contributed by atoms with Gasteiger partial charge in [-0.15, -0.1) is 0 Å². The van der Waals surface area contributed by atoms with Gasteiger partial charge in [0.2, 0.25) is 0 Å². The zero-order chi connectivity index (χ0) is 17.3. The van der Waals surface area contributed by atoms with Crippen LogP contribution < -0.4 is 4.72 Å². The molecule has 0 fully saturated rings. The predicted octanol–water partition coefficient (Wildman–Crippen LogP) is 2.75. The molecule has 126 valence electrons. The molecule has 0 saturated heterocycles. The molecule has 1 aliphatic rings. The number of aromatic carboxylic acids is 1. The van der Waals surface area contributed by atoms with E-state index < -0.39 is 16.2 Å². The Balaban J connectivity index is 1.82. The Kier molecular flexibility index (Phi) is 4.49.